The molecule has 0 aliphatic rings. The number of amides is 1. The molecule has 0 spiro atoms. The average molecular weight is 266 g/mol. The highest BCUT2D eigenvalue weighted by atomic mass is 16.5. The number of benzene rings is 2. The first kappa shape index (κ1) is 13.6. The molecule has 2 aromatic carbocycles. The Morgan fingerprint density at radius 2 is 2.00 bits per heavy atom. The minimum atomic E-state index is -0.105. The van der Waals surface area contributed by atoms with Crippen LogP contribution >= 0.6 is 0 Å². The Morgan fingerprint density at radius 1 is 1.25 bits per heavy atom. The van der Waals surface area contributed by atoms with E-state index in [2.05, 4.69) is 11.4 Å². The predicted molar refractivity (Wildman–Crippen MR) is 76.2 cm³/mol. The van der Waals surface area contributed by atoms with Gasteiger partial charge in [-0.15, -0.1) is 0 Å². The van der Waals surface area contributed by atoms with E-state index >= 15 is 0 Å². The first-order valence-electron chi connectivity index (χ1n) is 6.17. The molecule has 0 radical (unpaired) electrons. The number of rotatable bonds is 4. The molecule has 0 aromatic heterocycles. The number of hydrogen-bond donors (Lipinski definition) is 1. The van der Waals surface area contributed by atoms with Gasteiger partial charge in [0, 0.05) is 12.6 Å². The lowest BCUT2D eigenvalue weighted by Crippen LogP contribution is -2.05. The molecule has 4 heteroatoms. The predicted octanol–water partition coefficient (Wildman–Crippen LogP) is 3.10. The van der Waals surface area contributed by atoms with E-state index in [9.17, 15) is 4.79 Å². The molecule has 0 fully saturated rings. The molecule has 0 atom stereocenters. The van der Waals surface area contributed by atoms with Crippen molar-refractivity contribution in [3.8, 4) is 11.8 Å². The Labute approximate surface area is 117 Å². The largest absolute Gasteiger partial charge is 0.489 e. The molecule has 20 heavy (non-hydrogen) atoms. The summed E-state index contributed by atoms with van der Waals surface area (Å²) in [6, 6.07) is 16.5. The summed E-state index contributed by atoms with van der Waals surface area (Å²) >= 11 is 0. The molecule has 0 unspecified atom stereocenters. The molecule has 4 nitrogen and oxygen atoms in total. The van der Waals surface area contributed by atoms with Crippen LogP contribution in [0.2, 0.25) is 0 Å². The lowest BCUT2D eigenvalue weighted by molar-refractivity contribution is -0.114. The van der Waals surface area contributed by atoms with E-state index in [1.165, 1.54) is 6.92 Å². The smallest absolute Gasteiger partial charge is 0.221 e. The minimum absolute atomic E-state index is 0.105. The second kappa shape index (κ2) is 6.39. The summed E-state index contributed by atoms with van der Waals surface area (Å²) in [6.07, 6.45) is 0. The third-order valence-electron chi connectivity index (χ3n) is 2.64. The van der Waals surface area contributed by atoms with Crippen LogP contribution in [0.5, 0.6) is 5.75 Å². The summed E-state index contributed by atoms with van der Waals surface area (Å²) < 4.78 is 5.63. The van der Waals surface area contributed by atoms with Gasteiger partial charge in [-0.25, -0.2) is 0 Å². The number of nitrogens with zero attached hydrogens (tertiary/aromatic N) is 1. The van der Waals surface area contributed by atoms with E-state index in [0.29, 0.717) is 17.9 Å². The molecule has 0 bridgehead atoms. The van der Waals surface area contributed by atoms with Crippen LogP contribution in [0.1, 0.15) is 18.1 Å². The summed E-state index contributed by atoms with van der Waals surface area (Å²) in [7, 11) is 0. The van der Waals surface area contributed by atoms with Crippen LogP contribution in [0.25, 0.3) is 0 Å². The zero-order chi connectivity index (χ0) is 14.4. The highest BCUT2D eigenvalue weighted by molar-refractivity contribution is 5.88. The Balaban J connectivity index is 1.97. The lowest BCUT2D eigenvalue weighted by atomic mass is 10.1. The molecule has 2 aromatic rings. The number of ether oxygens (including phenoxy) is 1. The van der Waals surface area contributed by atoms with Crippen LogP contribution in [-0.2, 0) is 11.4 Å². The maximum atomic E-state index is 10.9. The summed E-state index contributed by atoms with van der Waals surface area (Å²) in [5.41, 5.74) is 2.29. The van der Waals surface area contributed by atoms with Gasteiger partial charge in [-0.2, -0.15) is 5.26 Å². The third kappa shape index (κ3) is 3.85. The highest BCUT2D eigenvalue weighted by Crippen LogP contribution is 2.17. The summed E-state index contributed by atoms with van der Waals surface area (Å²) in [4.78, 5) is 10.9. The third-order valence-corrected chi connectivity index (χ3v) is 2.64. The molecule has 1 N–H and O–H groups in total. The fourth-order valence-corrected chi connectivity index (χ4v) is 1.74. The number of anilines is 1. The molecule has 2 rings (SSSR count). The maximum Gasteiger partial charge on any atom is 0.221 e. The average Bonchev–Trinajstić information content (AvgIpc) is 2.46. The van der Waals surface area contributed by atoms with E-state index in [1.54, 1.807) is 36.4 Å². The molecular formula is C16H14N2O2. The van der Waals surface area contributed by atoms with E-state index in [1.807, 2.05) is 12.1 Å². The molecule has 0 saturated heterocycles. The van der Waals surface area contributed by atoms with Gasteiger partial charge in [0.25, 0.3) is 0 Å². The Kier molecular flexibility index (Phi) is 4.35. The van der Waals surface area contributed by atoms with E-state index in [-0.39, 0.29) is 5.91 Å². The molecule has 0 heterocycles. The molecule has 0 saturated carbocycles. The number of nitriles is 1. The SMILES string of the molecule is CC(=O)Nc1ccc(OCc2cccc(C#N)c2)cc1. The van der Waals surface area contributed by atoms with Crippen LogP contribution in [0, 0.1) is 11.3 Å². The van der Waals surface area contributed by atoms with Gasteiger partial charge in [-0.1, -0.05) is 12.1 Å². The fourth-order valence-electron chi connectivity index (χ4n) is 1.74. The summed E-state index contributed by atoms with van der Waals surface area (Å²) in [5.74, 6) is 0.605. The van der Waals surface area contributed by atoms with Crippen molar-refractivity contribution >= 4 is 11.6 Å². The Morgan fingerprint density at radius 3 is 2.65 bits per heavy atom. The van der Waals surface area contributed by atoms with Crippen molar-refractivity contribution in [3.63, 3.8) is 0 Å². The van der Waals surface area contributed by atoms with Gasteiger partial charge in [0.2, 0.25) is 5.91 Å². The normalized spacial score (nSPS) is 9.60. The van der Waals surface area contributed by atoms with Crippen molar-refractivity contribution in [2.24, 2.45) is 0 Å². The van der Waals surface area contributed by atoms with E-state index in [0.717, 1.165) is 11.3 Å². The van der Waals surface area contributed by atoms with Crippen molar-refractivity contribution in [2.45, 2.75) is 13.5 Å². The van der Waals surface area contributed by atoms with Gasteiger partial charge >= 0.3 is 0 Å². The van der Waals surface area contributed by atoms with Crippen LogP contribution in [0.15, 0.2) is 48.5 Å². The summed E-state index contributed by atoms with van der Waals surface area (Å²) in [5, 5.41) is 11.5. The topological polar surface area (TPSA) is 62.1 Å². The zero-order valence-corrected chi connectivity index (χ0v) is 11.1. The number of carbonyl (C=O) groups excluding carboxylic acids is 1. The van der Waals surface area contributed by atoms with Crippen molar-refractivity contribution in [3.05, 3.63) is 59.7 Å². The van der Waals surface area contributed by atoms with Gasteiger partial charge in [-0.05, 0) is 42.0 Å². The van der Waals surface area contributed by atoms with Crippen molar-refractivity contribution in [1.29, 1.82) is 5.26 Å². The molecule has 100 valence electrons. The second-order valence-electron chi connectivity index (χ2n) is 4.31. The van der Waals surface area contributed by atoms with Crippen molar-refractivity contribution in [1.82, 2.24) is 0 Å². The van der Waals surface area contributed by atoms with Crippen molar-refractivity contribution < 1.29 is 9.53 Å². The quantitative estimate of drug-likeness (QED) is 0.924. The standard InChI is InChI=1S/C16H14N2O2/c1-12(19)18-15-5-7-16(8-6-15)20-11-14-4-2-3-13(9-14)10-17/h2-9H,11H2,1H3,(H,18,19). The number of carbonyl (C=O) groups is 1. The Bertz CT molecular complexity index is 642. The highest BCUT2D eigenvalue weighted by Gasteiger charge is 1.99. The lowest BCUT2D eigenvalue weighted by Gasteiger charge is -2.08. The van der Waals surface area contributed by atoms with Gasteiger partial charge in [0.15, 0.2) is 0 Å². The minimum Gasteiger partial charge on any atom is -0.489 e. The van der Waals surface area contributed by atoms with Crippen LogP contribution in [-0.4, -0.2) is 5.91 Å². The zero-order valence-electron chi connectivity index (χ0n) is 11.1. The van der Waals surface area contributed by atoms with Crippen LogP contribution in [0.4, 0.5) is 5.69 Å². The number of hydrogen-bond acceptors (Lipinski definition) is 3. The van der Waals surface area contributed by atoms with Gasteiger partial charge in [0.1, 0.15) is 12.4 Å². The van der Waals surface area contributed by atoms with Crippen LogP contribution in [0.3, 0.4) is 0 Å². The van der Waals surface area contributed by atoms with Crippen LogP contribution < -0.4 is 10.1 Å². The second-order valence-corrected chi connectivity index (χ2v) is 4.31. The maximum absolute atomic E-state index is 10.9. The molecule has 0 aliphatic heterocycles. The van der Waals surface area contributed by atoms with Gasteiger partial charge in [0.05, 0.1) is 11.6 Å². The van der Waals surface area contributed by atoms with E-state index in [4.69, 9.17) is 10.00 Å². The monoisotopic (exact) mass is 266 g/mol. The molecule has 1 amide bonds. The Hall–Kier alpha value is -2.80. The first-order valence-corrected chi connectivity index (χ1v) is 6.17. The summed E-state index contributed by atoms with van der Waals surface area (Å²) in [6.45, 7) is 1.86. The molecular weight excluding hydrogens is 252 g/mol. The fraction of sp³-hybridized carbons (Fsp3) is 0.125. The first-order chi connectivity index (χ1) is 9.67. The van der Waals surface area contributed by atoms with E-state index < -0.39 is 0 Å². The van der Waals surface area contributed by atoms with Gasteiger partial charge < -0.3 is 10.1 Å². The number of nitrogens with one attached hydrogen (secondary N) is 1. The molecule has 0 aliphatic carbocycles. The van der Waals surface area contributed by atoms with Gasteiger partial charge in [-0.3, -0.25) is 4.79 Å². The van der Waals surface area contributed by atoms with Crippen molar-refractivity contribution in [2.75, 3.05) is 5.32 Å².